The highest BCUT2D eigenvalue weighted by Crippen LogP contribution is 2.52. The van der Waals surface area contributed by atoms with Crippen LogP contribution in [0.2, 0.25) is 0 Å². The number of carbonyl (C=O) groups is 1. The molecule has 0 spiro atoms. The molecule has 1 N–H and O–H groups in total. The minimum atomic E-state index is -3.34. The molecular formula is C23H26F2N2O3S. The first-order valence-corrected chi connectivity index (χ1v) is 12.4. The molecular weight excluding hydrogens is 422 g/mol. The zero-order chi connectivity index (χ0) is 22.2. The Balaban J connectivity index is 1.55. The molecule has 31 heavy (non-hydrogen) atoms. The smallest absolute Gasteiger partial charge is 0.264 e. The van der Waals surface area contributed by atoms with E-state index in [0.717, 1.165) is 23.8 Å². The first-order chi connectivity index (χ1) is 14.7. The molecule has 5 nitrogen and oxygen atoms in total. The lowest BCUT2D eigenvalue weighted by molar-refractivity contribution is -0.133. The number of halogens is 2. The van der Waals surface area contributed by atoms with Gasteiger partial charge in [0.05, 0.1) is 6.26 Å². The highest BCUT2D eigenvalue weighted by atomic mass is 32.2. The third kappa shape index (κ3) is 4.96. The van der Waals surface area contributed by atoms with Gasteiger partial charge in [-0.05, 0) is 41.9 Å². The van der Waals surface area contributed by atoms with E-state index in [1.807, 2.05) is 36.4 Å². The summed E-state index contributed by atoms with van der Waals surface area (Å²) in [6.07, 6.45) is 0.553. The number of carbonyl (C=O) groups excluding carboxylic acids is 1. The average Bonchev–Trinajstić information content (AvgIpc) is 3.53. The Morgan fingerprint density at radius 3 is 2.55 bits per heavy atom. The molecule has 166 valence electrons. The van der Waals surface area contributed by atoms with E-state index in [1.165, 1.54) is 6.07 Å². The zero-order valence-corrected chi connectivity index (χ0v) is 18.1. The molecule has 1 aliphatic carbocycles. The quantitative estimate of drug-likeness (QED) is 0.728. The number of amides is 1. The molecule has 4 rings (SSSR count). The van der Waals surface area contributed by atoms with Gasteiger partial charge < -0.3 is 4.90 Å². The van der Waals surface area contributed by atoms with Gasteiger partial charge in [0.25, 0.3) is 6.43 Å². The maximum absolute atomic E-state index is 13.8. The van der Waals surface area contributed by atoms with Crippen LogP contribution in [-0.4, -0.2) is 44.6 Å². The summed E-state index contributed by atoms with van der Waals surface area (Å²) < 4.78 is 53.2. The van der Waals surface area contributed by atoms with Gasteiger partial charge in [-0.25, -0.2) is 21.9 Å². The fourth-order valence-corrected chi connectivity index (χ4v) is 5.44. The number of nitrogens with one attached hydrogen (secondary N) is 1. The molecule has 3 atom stereocenters. The Hall–Kier alpha value is -2.32. The lowest BCUT2D eigenvalue weighted by Gasteiger charge is -2.33. The first-order valence-electron chi connectivity index (χ1n) is 10.5. The Bertz CT molecular complexity index is 1060. The predicted octanol–water partition coefficient (Wildman–Crippen LogP) is 3.93. The van der Waals surface area contributed by atoms with Crippen LogP contribution >= 0.6 is 0 Å². The second-order valence-corrected chi connectivity index (χ2v) is 10.2. The van der Waals surface area contributed by atoms with Crippen molar-refractivity contribution in [3.05, 3.63) is 59.7 Å². The van der Waals surface area contributed by atoms with E-state index in [1.54, 1.807) is 11.0 Å². The Morgan fingerprint density at radius 2 is 1.87 bits per heavy atom. The maximum Gasteiger partial charge on any atom is 0.264 e. The van der Waals surface area contributed by atoms with E-state index in [9.17, 15) is 22.0 Å². The molecule has 1 amide bonds. The van der Waals surface area contributed by atoms with Crippen molar-refractivity contribution >= 4 is 15.9 Å². The van der Waals surface area contributed by atoms with Gasteiger partial charge in [-0.1, -0.05) is 48.5 Å². The minimum absolute atomic E-state index is 0.0165. The summed E-state index contributed by atoms with van der Waals surface area (Å²) in [6.45, 7) is 0.935. The van der Waals surface area contributed by atoms with Crippen molar-refractivity contribution in [1.29, 1.82) is 0 Å². The molecule has 0 radical (unpaired) electrons. The van der Waals surface area contributed by atoms with E-state index in [0.29, 0.717) is 31.5 Å². The van der Waals surface area contributed by atoms with Crippen LogP contribution in [0.5, 0.6) is 0 Å². The molecule has 1 saturated carbocycles. The molecule has 2 fully saturated rings. The number of benzene rings is 2. The van der Waals surface area contributed by atoms with Crippen molar-refractivity contribution in [1.82, 2.24) is 9.62 Å². The summed E-state index contributed by atoms with van der Waals surface area (Å²) in [5, 5.41) is 0. The van der Waals surface area contributed by atoms with Crippen molar-refractivity contribution < 1.29 is 22.0 Å². The number of hydrogen-bond acceptors (Lipinski definition) is 3. The third-order valence-electron chi connectivity index (χ3n) is 6.05. The van der Waals surface area contributed by atoms with E-state index in [-0.39, 0.29) is 29.3 Å². The molecule has 0 unspecified atom stereocenters. The number of alkyl halides is 2. The van der Waals surface area contributed by atoms with Crippen molar-refractivity contribution in [2.45, 2.75) is 37.6 Å². The Morgan fingerprint density at radius 1 is 1.13 bits per heavy atom. The SMILES string of the molecule is CS(=O)(=O)N[C@H]1CCCN(C(=O)[C@@H]2C[C@H]2c2cccc(C(F)F)c2-c2ccccc2)C1. The lowest BCUT2D eigenvalue weighted by atomic mass is 9.91. The van der Waals surface area contributed by atoms with Crippen LogP contribution in [0.25, 0.3) is 11.1 Å². The lowest BCUT2D eigenvalue weighted by Crippen LogP contribution is -2.49. The van der Waals surface area contributed by atoms with E-state index in [4.69, 9.17) is 0 Å². The van der Waals surface area contributed by atoms with Gasteiger partial charge in [0, 0.05) is 30.6 Å². The number of hydrogen-bond donors (Lipinski definition) is 1. The number of piperidine rings is 1. The zero-order valence-electron chi connectivity index (χ0n) is 17.3. The molecule has 2 aliphatic rings. The number of sulfonamides is 1. The van der Waals surface area contributed by atoms with Gasteiger partial charge >= 0.3 is 0 Å². The highest BCUT2D eigenvalue weighted by Gasteiger charge is 2.47. The number of nitrogens with zero attached hydrogens (tertiary/aromatic N) is 1. The minimum Gasteiger partial charge on any atom is -0.341 e. The first kappa shape index (κ1) is 21.9. The van der Waals surface area contributed by atoms with Gasteiger partial charge in [-0.3, -0.25) is 4.79 Å². The Labute approximate surface area is 181 Å². The largest absolute Gasteiger partial charge is 0.341 e. The van der Waals surface area contributed by atoms with E-state index < -0.39 is 16.4 Å². The topological polar surface area (TPSA) is 66.5 Å². The molecule has 2 aromatic rings. The van der Waals surface area contributed by atoms with Crippen LogP contribution in [0.15, 0.2) is 48.5 Å². The van der Waals surface area contributed by atoms with Crippen LogP contribution in [0, 0.1) is 5.92 Å². The van der Waals surface area contributed by atoms with Crippen LogP contribution in [0.3, 0.4) is 0 Å². The summed E-state index contributed by atoms with van der Waals surface area (Å²) in [5.41, 5.74) is 2.01. The second-order valence-electron chi connectivity index (χ2n) is 8.44. The van der Waals surface area contributed by atoms with Crippen molar-refractivity contribution in [3.63, 3.8) is 0 Å². The number of likely N-dealkylation sites (tertiary alicyclic amines) is 1. The molecule has 1 heterocycles. The number of rotatable bonds is 6. The standard InChI is InChI=1S/C23H26F2N2O3S/c1-31(29,30)26-16-9-6-12-27(14-16)23(28)20-13-19(20)17-10-5-11-18(22(24)25)21(17)15-7-3-2-4-8-15/h2-5,7-8,10-11,16,19-20,22,26H,6,9,12-14H2,1H3/t16-,19-,20+/m0/s1. The van der Waals surface area contributed by atoms with Gasteiger partial charge in [0.15, 0.2) is 0 Å². The third-order valence-corrected chi connectivity index (χ3v) is 6.81. The summed E-state index contributed by atoms with van der Waals surface area (Å²) in [5.74, 6) is -0.386. The monoisotopic (exact) mass is 448 g/mol. The fraction of sp³-hybridized carbons (Fsp3) is 0.435. The fourth-order valence-electron chi connectivity index (χ4n) is 4.64. The van der Waals surface area contributed by atoms with E-state index in [2.05, 4.69) is 4.72 Å². The van der Waals surface area contributed by atoms with Crippen LogP contribution in [-0.2, 0) is 14.8 Å². The van der Waals surface area contributed by atoms with Crippen molar-refractivity contribution in [2.75, 3.05) is 19.3 Å². The summed E-state index contributed by atoms with van der Waals surface area (Å²) in [6, 6.07) is 13.8. The summed E-state index contributed by atoms with van der Waals surface area (Å²) in [7, 11) is -3.34. The normalized spacial score (nSPS) is 23.7. The van der Waals surface area contributed by atoms with Gasteiger partial charge in [0.1, 0.15) is 0 Å². The molecule has 1 aliphatic heterocycles. The van der Waals surface area contributed by atoms with Gasteiger partial charge in [-0.15, -0.1) is 0 Å². The van der Waals surface area contributed by atoms with E-state index >= 15 is 0 Å². The predicted molar refractivity (Wildman–Crippen MR) is 115 cm³/mol. The second kappa shape index (κ2) is 8.67. The summed E-state index contributed by atoms with van der Waals surface area (Å²) in [4.78, 5) is 14.8. The molecule has 0 aromatic heterocycles. The average molecular weight is 449 g/mol. The Kier molecular flexibility index (Phi) is 6.12. The van der Waals surface area contributed by atoms with Crippen LogP contribution < -0.4 is 4.72 Å². The van der Waals surface area contributed by atoms with Gasteiger partial charge in [-0.2, -0.15) is 0 Å². The van der Waals surface area contributed by atoms with Gasteiger partial charge in [0.2, 0.25) is 15.9 Å². The maximum atomic E-state index is 13.8. The highest BCUT2D eigenvalue weighted by molar-refractivity contribution is 7.88. The van der Waals surface area contributed by atoms with Crippen molar-refractivity contribution in [3.8, 4) is 11.1 Å². The summed E-state index contributed by atoms with van der Waals surface area (Å²) >= 11 is 0. The molecule has 1 saturated heterocycles. The van der Waals surface area contributed by atoms with Crippen LogP contribution in [0.4, 0.5) is 8.78 Å². The molecule has 0 bridgehead atoms. The molecule has 2 aromatic carbocycles. The molecule has 8 heteroatoms. The van der Waals surface area contributed by atoms with Crippen LogP contribution in [0.1, 0.15) is 42.7 Å². The van der Waals surface area contributed by atoms with Crippen molar-refractivity contribution in [2.24, 2.45) is 5.92 Å².